The number of hydrogen-bond acceptors (Lipinski definition) is 6. The number of carbonyl (C=O) groups excluding carboxylic acids is 1. The second-order valence-corrected chi connectivity index (χ2v) is 8.67. The van der Waals surface area contributed by atoms with Crippen LogP contribution in [0.5, 0.6) is 0 Å². The van der Waals surface area contributed by atoms with E-state index in [4.69, 9.17) is 4.42 Å². The van der Waals surface area contributed by atoms with Gasteiger partial charge in [-0.3, -0.25) is 9.36 Å². The van der Waals surface area contributed by atoms with E-state index in [0.29, 0.717) is 11.8 Å². The van der Waals surface area contributed by atoms with Crippen molar-refractivity contribution in [1.82, 2.24) is 14.8 Å². The zero-order valence-corrected chi connectivity index (χ0v) is 18.2. The van der Waals surface area contributed by atoms with Crippen molar-refractivity contribution in [3.63, 3.8) is 0 Å². The lowest BCUT2D eigenvalue weighted by Crippen LogP contribution is -2.17. The predicted molar refractivity (Wildman–Crippen MR) is 120 cm³/mol. The molecule has 158 valence electrons. The van der Waals surface area contributed by atoms with Crippen LogP contribution in [-0.4, -0.2) is 40.5 Å². The molecule has 0 bridgehead atoms. The minimum absolute atomic E-state index is 0.0599. The second kappa shape index (κ2) is 9.38. The molecule has 0 unspecified atom stereocenters. The summed E-state index contributed by atoms with van der Waals surface area (Å²) in [6.45, 7) is 0. The number of aromatic nitrogens is 3. The smallest absolute Gasteiger partial charge is 0.234 e. The van der Waals surface area contributed by atoms with Crippen molar-refractivity contribution >= 4 is 29.0 Å². The Morgan fingerprint density at radius 3 is 2.60 bits per heavy atom. The van der Waals surface area contributed by atoms with E-state index >= 15 is 0 Å². The number of rotatable bonds is 7. The maximum atomic E-state index is 12.5. The molecule has 30 heavy (non-hydrogen) atoms. The Labute approximate surface area is 180 Å². The van der Waals surface area contributed by atoms with Crippen molar-refractivity contribution in [3.8, 4) is 11.6 Å². The van der Waals surface area contributed by atoms with Crippen molar-refractivity contribution in [3.05, 3.63) is 42.7 Å². The van der Waals surface area contributed by atoms with Crippen LogP contribution < -0.4 is 10.2 Å². The quantitative estimate of drug-likeness (QED) is 0.546. The van der Waals surface area contributed by atoms with Crippen LogP contribution in [0.25, 0.3) is 11.6 Å². The molecule has 1 N–H and O–H groups in total. The molecule has 4 rings (SSSR count). The highest BCUT2D eigenvalue weighted by Crippen LogP contribution is 2.35. The second-order valence-electron chi connectivity index (χ2n) is 7.72. The number of benzene rings is 1. The van der Waals surface area contributed by atoms with Crippen molar-refractivity contribution in [2.75, 3.05) is 30.1 Å². The zero-order chi connectivity index (χ0) is 20.9. The summed E-state index contributed by atoms with van der Waals surface area (Å²) >= 11 is 1.42. The maximum Gasteiger partial charge on any atom is 0.234 e. The summed E-state index contributed by atoms with van der Waals surface area (Å²) in [6.07, 6.45) is 7.53. The molecule has 8 heteroatoms. The average molecular weight is 426 g/mol. The fourth-order valence-corrected chi connectivity index (χ4v) is 4.59. The third kappa shape index (κ3) is 4.70. The molecule has 1 aliphatic rings. The molecule has 0 radical (unpaired) electrons. The molecular weight excluding hydrogens is 398 g/mol. The largest absolute Gasteiger partial charge is 0.461 e. The van der Waals surface area contributed by atoms with Crippen LogP contribution in [0, 0.1) is 0 Å². The third-order valence-electron chi connectivity index (χ3n) is 5.35. The topological polar surface area (TPSA) is 76.2 Å². The van der Waals surface area contributed by atoms with Gasteiger partial charge in [0.05, 0.1) is 12.0 Å². The van der Waals surface area contributed by atoms with E-state index in [1.54, 1.807) is 6.26 Å². The van der Waals surface area contributed by atoms with Crippen LogP contribution >= 0.6 is 11.8 Å². The van der Waals surface area contributed by atoms with Crippen molar-refractivity contribution in [2.45, 2.75) is 43.3 Å². The van der Waals surface area contributed by atoms with Crippen LogP contribution in [0.2, 0.25) is 0 Å². The lowest BCUT2D eigenvalue weighted by molar-refractivity contribution is -0.113. The lowest BCUT2D eigenvalue weighted by Gasteiger charge is -2.25. The molecular formula is C22H27N5O2S. The number of carbonyl (C=O) groups is 1. The Morgan fingerprint density at radius 2 is 1.93 bits per heavy atom. The number of amides is 1. The minimum atomic E-state index is -0.0599. The van der Waals surface area contributed by atoms with Gasteiger partial charge in [0.15, 0.2) is 10.9 Å². The highest BCUT2D eigenvalue weighted by Gasteiger charge is 2.25. The fourth-order valence-electron chi connectivity index (χ4n) is 3.79. The van der Waals surface area contributed by atoms with Gasteiger partial charge in [-0.25, -0.2) is 0 Å². The molecule has 7 nitrogen and oxygen atoms in total. The third-order valence-corrected chi connectivity index (χ3v) is 6.29. The SMILES string of the molecule is CN(C)c1ccc(NC(=O)CSc2nnc(-c3ccco3)n2C2CCCCC2)cc1. The Kier molecular flexibility index (Phi) is 6.42. The molecule has 1 aromatic carbocycles. The van der Waals surface area contributed by atoms with Gasteiger partial charge in [0.2, 0.25) is 11.7 Å². The molecule has 1 fully saturated rings. The first kappa shape index (κ1) is 20.5. The first-order valence-electron chi connectivity index (χ1n) is 10.3. The number of nitrogens with zero attached hydrogens (tertiary/aromatic N) is 4. The predicted octanol–water partition coefficient (Wildman–Crippen LogP) is 4.84. The Bertz CT molecular complexity index is 960. The standard InChI is InChI=1S/C22H27N5O2S/c1-26(2)17-12-10-16(11-13-17)23-20(28)15-30-22-25-24-21(19-9-6-14-29-19)27(22)18-7-4-3-5-8-18/h6,9-14,18H,3-5,7-8,15H2,1-2H3,(H,23,28). The van der Waals surface area contributed by atoms with E-state index in [9.17, 15) is 4.79 Å². The summed E-state index contributed by atoms with van der Waals surface area (Å²) in [4.78, 5) is 14.5. The summed E-state index contributed by atoms with van der Waals surface area (Å²) in [5.74, 6) is 1.67. The van der Waals surface area contributed by atoms with Crippen LogP contribution in [0.3, 0.4) is 0 Å². The minimum Gasteiger partial charge on any atom is -0.461 e. The lowest BCUT2D eigenvalue weighted by atomic mass is 9.95. The van der Waals surface area contributed by atoms with E-state index in [2.05, 4.69) is 20.1 Å². The van der Waals surface area contributed by atoms with Gasteiger partial charge in [-0.15, -0.1) is 10.2 Å². The monoisotopic (exact) mass is 425 g/mol. The molecule has 1 saturated carbocycles. The molecule has 0 atom stereocenters. The summed E-state index contributed by atoms with van der Waals surface area (Å²) < 4.78 is 7.75. The van der Waals surface area contributed by atoms with Crippen LogP contribution in [0.15, 0.2) is 52.2 Å². The van der Waals surface area contributed by atoms with E-state index < -0.39 is 0 Å². The average Bonchev–Trinajstić information content (AvgIpc) is 3.43. The Morgan fingerprint density at radius 1 is 1.17 bits per heavy atom. The number of furan rings is 1. The van der Waals surface area contributed by atoms with E-state index in [0.717, 1.165) is 35.2 Å². The van der Waals surface area contributed by atoms with Gasteiger partial charge in [0.25, 0.3) is 0 Å². The number of thioether (sulfide) groups is 1. The van der Waals surface area contributed by atoms with Gasteiger partial charge in [0, 0.05) is 31.5 Å². The highest BCUT2D eigenvalue weighted by molar-refractivity contribution is 7.99. The molecule has 2 heterocycles. The molecule has 1 aliphatic carbocycles. The highest BCUT2D eigenvalue weighted by atomic mass is 32.2. The van der Waals surface area contributed by atoms with Crippen LogP contribution in [0.4, 0.5) is 11.4 Å². The fraction of sp³-hybridized carbons (Fsp3) is 0.409. The maximum absolute atomic E-state index is 12.5. The van der Waals surface area contributed by atoms with Crippen LogP contribution in [-0.2, 0) is 4.79 Å². The van der Waals surface area contributed by atoms with E-state index in [-0.39, 0.29) is 11.7 Å². The molecule has 0 saturated heterocycles. The van der Waals surface area contributed by atoms with Gasteiger partial charge in [-0.2, -0.15) is 0 Å². The number of anilines is 2. The molecule has 0 aliphatic heterocycles. The van der Waals surface area contributed by atoms with E-state index in [1.807, 2.05) is 55.4 Å². The first-order chi connectivity index (χ1) is 14.6. The van der Waals surface area contributed by atoms with Gasteiger partial charge in [-0.1, -0.05) is 31.0 Å². The molecule has 2 aromatic heterocycles. The summed E-state index contributed by atoms with van der Waals surface area (Å²) in [6, 6.07) is 11.9. The molecule has 1 amide bonds. The Balaban J connectivity index is 1.45. The Hall–Kier alpha value is -2.74. The van der Waals surface area contributed by atoms with Gasteiger partial charge in [0.1, 0.15) is 0 Å². The zero-order valence-electron chi connectivity index (χ0n) is 17.4. The molecule has 0 spiro atoms. The first-order valence-corrected chi connectivity index (χ1v) is 11.3. The van der Waals surface area contributed by atoms with E-state index in [1.165, 1.54) is 31.0 Å². The number of nitrogens with one attached hydrogen (secondary N) is 1. The summed E-state index contributed by atoms with van der Waals surface area (Å²) in [5, 5.41) is 12.5. The van der Waals surface area contributed by atoms with Gasteiger partial charge in [-0.05, 0) is 49.2 Å². The number of hydrogen-bond donors (Lipinski definition) is 1. The summed E-state index contributed by atoms with van der Waals surface area (Å²) in [5.41, 5.74) is 1.88. The normalized spacial score (nSPS) is 14.6. The molecule has 3 aromatic rings. The van der Waals surface area contributed by atoms with Gasteiger partial charge < -0.3 is 14.6 Å². The van der Waals surface area contributed by atoms with Crippen molar-refractivity contribution in [1.29, 1.82) is 0 Å². The van der Waals surface area contributed by atoms with Crippen molar-refractivity contribution in [2.24, 2.45) is 0 Å². The summed E-state index contributed by atoms with van der Waals surface area (Å²) in [7, 11) is 3.98. The van der Waals surface area contributed by atoms with Crippen LogP contribution in [0.1, 0.15) is 38.1 Å². The van der Waals surface area contributed by atoms with Crippen molar-refractivity contribution < 1.29 is 9.21 Å². The van der Waals surface area contributed by atoms with Gasteiger partial charge >= 0.3 is 0 Å².